The Morgan fingerprint density at radius 2 is 2.10 bits per heavy atom. The molecule has 0 bridgehead atoms. The Bertz CT molecular complexity index is 637. The van der Waals surface area contributed by atoms with Gasteiger partial charge in [0.1, 0.15) is 15.9 Å². The molecule has 1 heterocycles. The Hall–Kier alpha value is -1.43. The molecule has 0 saturated carbocycles. The van der Waals surface area contributed by atoms with Crippen LogP contribution in [0, 0.1) is 10.1 Å². The average molecular weight is 336 g/mol. The SMILES string of the molecule is CCOc1ccc2c(c1)/C(=C(/C(Cl)=C(Cl)Cl)[N+](=O)[O-])N2. The minimum absolute atomic E-state index is 0.260. The molecule has 0 amide bonds. The van der Waals surface area contributed by atoms with Gasteiger partial charge in [-0.05, 0) is 25.1 Å². The monoisotopic (exact) mass is 334 g/mol. The van der Waals surface area contributed by atoms with Crippen molar-refractivity contribution in [3.63, 3.8) is 0 Å². The molecule has 8 heteroatoms. The van der Waals surface area contributed by atoms with Gasteiger partial charge in [-0.25, -0.2) is 0 Å². The predicted molar refractivity (Wildman–Crippen MR) is 79.7 cm³/mol. The van der Waals surface area contributed by atoms with E-state index in [0.29, 0.717) is 17.9 Å². The topological polar surface area (TPSA) is 64.4 Å². The van der Waals surface area contributed by atoms with Crippen LogP contribution >= 0.6 is 34.8 Å². The van der Waals surface area contributed by atoms with Gasteiger partial charge in [-0.3, -0.25) is 10.1 Å². The summed E-state index contributed by atoms with van der Waals surface area (Å²) < 4.78 is 5.00. The third-order valence-corrected chi connectivity index (χ3v) is 3.56. The Balaban J connectivity index is 2.53. The first-order chi connectivity index (χ1) is 9.45. The summed E-state index contributed by atoms with van der Waals surface area (Å²) >= 11 is 16.8. The second kappa shape index (κ2) is 5.91. The Morgan fingerprint density at radius 3 is 2.65 bits per heavy atom. The summed E-state index contributed by atoms with van der Waals surface area (Å²) in [6, 6.07) is 5.23. The number of hydrogen-bond acceptors (Lipinski definition) is 4. The molecular weight excluding hydrogens is 327 g/mol. The summed E-state index contributed by atoms with van der Waals surface area (Å²) in [5.74, 6) is 0.616. The van der Waals surface area contributed by atoms with Crippen molar-refractivity contribution in [1.29, 1.82) is 0 Å². The van der Waals surface area contributed by atoms with Crippen molar-refractivity contribution in [2.45, 2.75) is 6.92 Å². The molecule has 1 aromatic carbocycles. The van der Waals surface area contributed by atoms with Gasteiger partial charge in [-0.2, -0.15) is 0 Å². The van der Waals surface area contributed by atoms with Crippen molar-refractivity contribution in [2.24, 2.45) is 0 Å². The van der Waals surface area contributed by atoms with Crippen LogP contribution in [0.2, 0.25) is 0 Å². The molecule has 0 atom stereocenters. The Kier molecular flexibility index (Phi) is 4.42. The van der Waals surface area contributed by atoms with Crippen molar-refractivity contribution in [2.75, 3.05) is 11.9 Å². The maximum absolute atomic E-state index is 11.1. The highest BCUT2D eigenvalue weighted by atomic mass is 35.5. The number of nitrogens with one attached hydrogen (secondary N) is 1. The van der Waals surface area contributed by atoms with E-state index in [-0.39, 0.29) is 20.9 Å². The van der Waals surface area contributed by atoms with Gasteiger partial charge in [0, 0.05) is 11.3 Å². The molecule has 1 aromatic rings. The lowest BCUT2D eigenvalue weighted by Gasteiger charge is -2.25. The van der Waals surface area contributed by atoms with Gasteiger partial charge in [0.2, 0.25) is 0 Å². The van der Waals surface area contributed by atoms with E-state index in [4.69, 9.17) is 39.5 Å². The highest BCUT2D eigenvalue weighted by molar-refractivity contribution is 6.60. The Labute approximate surface area is 129 Å². The van der Waals surface area contributed by atoms with Crippen LogP contribution in [0.3, 0.4) is 0 Å². The molecule has 106 valence electrons. The normalized spacial score (nSPS) is 14.6. The highest BCUT2D eigenvalue weighted by Crippen LogP contribution is 2.42. The summed E-state index contributed by atoms with van der Waals surface area (Å²) in [4.78, 5) is 10.5. The minimum Gasteiger partial charge on any atom is -0.494 e. The van der Waals surface area contributed by atoms with Gasteiger partial charge in [-0.1, -0.05) is 34.8 Å². The van der Waals surface area contributed by atoms with Gasteiger partial charge in [0.25, 0.3) is 0 Å². The number of fused-ring (bicyclic) bond motifs is 1. The zero-order valence-corrected chi connectivity index (χ0v) is 12.5. The third kappa shape index (κ3) is 2.70. The summed E-state index contributed by atoms with van der Waals surface area (Å²) in [7, 11) is 0. The number of nitro groups is 1. The van der Waals surface area contributed by atoms with E-state index in [2.05, 4.69) is 5.32 Å². The molecule has 0 spiro atoms. The van der Waals surface area contributed by atoms with E-state index in [1.165, 1.54) is 0 Å². The summed E-state index contributed by atoms with van der Waals surface area (Å²) in [6.07, 6.45) is 0. The van der Waals surface area contributed by atoms with Crippen molar-refractivity contribution in [1.82, 2.24) is 0 Å². The van der Waals surface area contributed by atoms with Gasteiger partial charge < -0.3 is 10.1 Å². The van der Waals surface area contributed by atoms with Gasteiger partial charge in [0.15, 0.2) is 5.03 Å². The third-order valence-electron chi connectivity index (χ3n) is 2.62. The minimum atomic E-state index is -0.633. The van der Waals surface area contributed by atoms with Crippen LogP contribution in [0.15, 0.2) is 33.4 Å². The lowest BCUT2D eigenvalue weighted by atomic mass is 9.99. The second-order valence-electron chi connectivity index (χ2n) is 3.82. The van der Waals surface area contributed by atoms with Crippen LogP contribution < -0.4 is 10.1 Å². The first-order valence-corrected chi connectivity index (χ1v) is 6.73. The van der Waals surface area contributed by atoms with Crippen LogP contribution in [-0.4, -0.2) is 11.5 Å². The summed E-state index contributed by atoms with van der Waals surface area (Å²) in [5, 5.41) is 13.7. The first-order valence-electron chi connectivity index (χ1n) is 5.59. The molecule has 0 unspecified atom stereocenters. The van der Waals surface area contributed by atoms with E-state index in [9.17, 15) is 10.1 Å². The number of ether oxygens (including phenoxy) is 1. The van der Waals surface area contributed by atoms with Crippen LogP contribution in [0.1, 0.15) is 12.5 Å². The predicted octanol–water partition coefficient (Wildman–Crippen LogP) is 4.34. The van der Waals surface area contributed by atoms with Crippen molar-refractivity contribution in [3.8, 4) is 5.75 Å². The fourth-order valence-corrected chi connectivity index (χ4v) is 2.14. The highest BCUT2D eigenvalue weighted by Gasteiger charge is 2.33. The largest absolute Gasteiger partial charge is 0.494 e. The molecule has 2 rings (SSSR count). The second-order valence-corrected chi connectivity index (χ2v) is 5.15. The van der Waals surface area contributed by atoms with Crippen molar-refractivity contribution >= 4 is 46.2 Å². The number of allylic oxidation sites excluding steroid dienone is 1. The van der Waals surface area contributed by atoms with Crippen LogP contribution in [0.25, 0.3) is 5.70 Å². The van der Waals surface area contributed by atoms with Crippen molar-refractivity contribution in [3.05, 3.63) is 49.1 Å². The number of benzene rings is 1. The van der Waals surface area contributed by atoms with Gasteiger partial charge in [0.05, 0.1) is 11.5 Å². The van der Waals surface area contributed by atoms with E-state index in [0.717, 1.165) is 5.69 Å². The zero-order valence-electron chi connectivity index (χ0n) is 10.2. The molecule has 0 fully saturated rings. The number of hydrogen-bond donors (Lipinski definition) is 1. The van der Waals surface area contributed by atoms with Gasteiger partial charge in [-0.15, -0.1) is 0 Å². The number of nitrogens with zero attached hydrogens (tertiary/aromatic N) is 1. The fourth-order valence-electron chi connectivity index (χ4n) is 1.79. The van der Waals surface area contributed by atoms with Crippen LogP contribution in [0.4, 0.5) is 5.69 Å². The molecule has 0 saturated heterocycles. The smallest absolute Gasteiger partial charge is 0.314 e. The van der Waals surface area contributed by atoms with E-state index in [1.807, 2.05) is 6.92 Å². The number of halogens is 3. The molecule has 5 nitrogen and oxygen atoms in total. The average Bonchev–Trinajstić information content (AvgIpc) is 2.36. The molecule has 20 heavy (non-hydrogen) atoms. The number of anilines is 1. The molecule has 0 aromatic heterocycles. The molecule has 1 aliphatic heterocycles. The Morgan fingerprint density at radius 1 is 1.40 bits per heavy atom. The quantitative estimate of drug-likeness (QED) is 0.656. The summed E-state index contributed by atoms with van der Waals surface area (Å²) in [6.45, 7) is 2.35. The molecule has 1 aliphatic rings. The van der Waals surface area contributed by atoms with Gasteiger partial charge >= 0.3 is 5.70 Å². The summed E-state index contributed by atoms with van der Waals surface area (Å²) in [5.41, 5.74) is 1.27. The maximum Gasteiger partial charge on any atom is 0.314 e. The maximum atomic E-state index is 11.1. The fraction of sp³-hybridized carbons (Fsp3) is 0.167. The lowest BCUT2D eigenvalue weighted by Crippen LogP contribution is -2.18. The van der Waals surface area contributed by atoms with Crippen LogP contribution in [0.5, 0.6) is 5.75 Å². The zero-order chi connectivity index (χ0) is 14.9. The molecule has 0 aliphatic carbocycles. The molecular formula is C12H9Cl3N2O3. The molecule has 1 N–H and O–H groups in total. The number of rotatable bonds is 4. The first kappa shape index (κ1) is 15.0. The lowest BCUT2D eigenvalue weighted by molar-refractivity contribution is -0.418. The van der Waals surface area contributed by atoms with Crippen molar-refractivity contribution < 1.29 is 9.66 Å². The van der Waals surface area contributed by atoms with E-state index < -0.39 is 4.92 Å². The van der Waals surface area contributed by atoms with E-state index >= 15 is 0 Å². The standard InChI is InChI=1S/C12H9Cl3N2O3/c1-2-20-6-3-4-8-7(5-6)10(16-8)11(17(18)19)9(13)12(14)15/h3-5,16H,2H2,1H3/b11-10+. The van der Waals surface area contributed by atoms with Crippen LogP contribution in [-0.2, 0) is 0 Å². The molecule has 0 radical (unpaired) electrons. The van der Waals surface area contributed by atoms with E-state index in [1.54, 1.807) is 18.2 Å².